The maximum atomic E-state index is 5.48. The van der Waals surface area contributed by atoms with Crippen molar-refractivity contribution in [1.29, 1.82) is 0 Å². The van der Waals surface area contributed by atoms with E-state index in [2.05, 4.69) is 39.0 Å². The predicted molar refractivity (Wildman–Crippen MR) is 77.3 cm³/mol. The Morgan fingerprint density at radius 3 is 2.05 bits per heavy atom. The summed E-state index contributed by atoms with van der Waals surface area (Å²) < 4.78 is 7.45. The number of benzene rings is 2. The highest BCUT2D eigenvalue weighted by Gasteiger charge is 2.12. The standard InChI is InChI=1S/C15H12N4O/c16-15-18-17-14(20-15)9-19-12-7-3-1-5-10(12)11-6-2-4-8-13(11)19/h1-8H,9H2,(H2,16,18). The Morgan fingerprint density at radius 1 is 0.900 bits per heavy atom. The van der Waals surface area contributed by atoms with Crippen LogP contribution in [0.3, 0.4) is 0 Å². The Labute approximate surface area is 114 Å². The van der Waals surface area contributed by atoms with Gasteiger partial charge in [0.15, 0.2) is 0 Å². The first-order valence-electron chi connectivity index (χ1n) is 6.37. The van der Waals surface area contributed by atoms with Gasteiger partial charge in [0.25, 0.3) is 0 Å². The molecule has 0 unspecified atom stereocenters. The Kier molecular flexibility index (Phi) is 2.26. The Bertz CT molecular complexity index is 853. The highest BCUT2D eigenvalue weighted by molar-refractivity contribution is 6.07. The summed E-state index contributed by atoms with van der Waals surface area (Å²) in [6, 6.07) is 16.7. The van der Waals surface area contributed by atoms with Crippen LogP contribution < -0.4 is 5.73 Å². The second kappa shape index (κ2) is 4.09. The SMILES string of the molecule is Nc1nnc(Cn2c3ccccc3c3ccccc32)o1. The third kappa shape index (κ3) is 1.56. The van der Waals surface area contributed by atoms with Crippen molar-refractivity contribution in [1.82, 2.24) is 14.8 Å². The van der Waals surface area contributed by atoms with Crippen molar-refractivity contribution in [3.8, 4) is 0 Å². The summed E-state index contributed by atoms with van der Waals surface area (Å²) in [5.41, 5.74) is 7.77. The van der Waals surface area contributed by atoms with E-state index in [1.807, 2.05) is 24.3 Å². The smallest absolute Gasteiger partial charge is 0.312 e. The lowest BCUT2D eigenvalue weighted by Gasteiger charge is -2.03. The van der Waals surface area contributed by atoms with Gasteiger partial charge in [0.05, 0.1) is 0 Å². The fraction of sp³-hybridized carbons (Fsp3) is 0.0667. The first kappa shape index (κ1) is 11.0. The second-order valence-corrected chi connectivity index (χ2v) is 4.65. The number of nitrogens with zero attached hydrogens (tertiary/aromatic N) is 3. The zero-order valence-electron chi connectivity index (χ0n) is 10.7. The summed E-state index contributed by atoms with van der Waals surface area (Å²) >= 11 is 0. The van der Waals surface area contributed by atoms with Gasteiger partial charge >= 0.3 is 6.01 Å². The van der Waals surface area contributed by atoms with Crippen molar-refractivity contribution < 1.29 is 4.42 Å². The molecule has 4 aromatic rings. The second-order valence-electron chi connectivity index (χ2n) is 4.65. The first-order chi connectivity index (χ1) is 9.83. The average Bonchev–Trinajstić information content (AvgIpc) is 3.03. The Hall–Kier alpha value is -2.82. The number of hydrogen-bond donors (Lipinski definition) is 1. The molecule has 98 valence electrons. The van der Waals surface area contributed by atoms with Crippen LogP contribution in [0.25, 0.3) is 21.8 Å². The lowest BCUT2D eigenvalue weighted by Crippen LogP contribution is -1.99. The van der Waals surface area contributed by atoms with E-state index in [0.29, 0.717) is 12.4 Å². The summed E-state index contributed by atoms with van der Waals surface area (Å²) in [4.78, 5) is 0. The van der Waals surface area contributed by atoms with Gasteiger partial charge in [0, 0.05) is 21.8 Å². The molecule has 0 saturated heterocycles. The van der Waals surface area contributed by atoms with E-state index in [0.717, 1.165) is 11.0 Å². The molecule has 0 amide bonds. The van der Waals surface area contributed by atoms with Crippen molar-refractivity contribution >= 4 is 27.8 Å². The fourth-order valence-electron chi connectivity index (χ4n) is 2.64. The van der Waals surface area contributed by atoms with E-state index in [9.17, 15) is 0 Å². The third-order valence-corrected chi connectivity index (χ3v) is 3.46. The van der Waals surface area contributed by atoms with Crippen molar-refractivity contribution in [2.24, 2.45) is 0 Å². The molecular weight excluding hydrogens is 252 g/mol. The fourth-order valence-corrected chi connectivity index (χ4v) is 2.64. The minimum atomic E-state index is 0.0979. The molecule has 20 heavy (non-hydrogen) atoms. The minimum absolute atomic E-state index is 0.0979. The van der Waals surface area contributed by atoms with Gasteiger partial charge in [-0.3, -0.25) is 0 Å². The largest absolute Gasteiger partial charge is 0.406 e. The van der Waals surface area contributed by atoms with Crippen LogP contribution in [-0.2, 0) is 6.54 Å². The van der Waals surface area contributed by atoms with Gasteiger partial charge < -0.3 is 14.7 Å². The Balaban J connectivity index is 2.00. The quantitative estimate of drug-likeness (QED) is 0.604. The molecule has 0 spiro atoms. The average molecular weight is 264 g/mol. The number of hydrogen-bond acceptors (Lipinski definition) is 4. The van der Waals surface area contributed by atoms with E-state index in [4.69, 9.17) is 10.2 Å². The number of fused-ring (bicyclic) bond motifs is 3. The van der Waals surface area contributed by atoms with Gasteiger partial charge in [-0.15, -0.1) is 5.10 Å². The van der Waals surface area contributed by atoms with Gasteiger partial charge in [-0.1, -0.05) is 41.5 Å². The predicted octanol–water partition coefficient (Wildman–Crippen LogP) is 2.81. The van der Waals surface area contributed by atoms with Crippen LogP contribution >= 0.6 is 0 Å². The molecule has 2 heterocycles. The summed E-state index contributed by atoms with van der Waals surface area (Å²) in [5, 5.41) is 10.1. The minimum Gasteiger partial charge on any atom is -0.406 e. The van der Waals surface area contributed by atoms with Crippen molar-refractivity contribution in [3.63, 3.8) is 0 Å². The highest BCUT2D eigenvalue weighted by Crippen LogP contribution is 2.29. The number of aromatic nitrogens is 3. The monoisotopic (exact) mass is 264 g/mol. The van der Waals surface area contributed by atoms with E-state index in [1.165, 1.54) is 10.8 Å². The van der Waals surface area contributed by atoms with Crippen molar-refractivity contribution in [2.45, 2.75) is 6.54 Å². The molecule has 2 N–H and O–H groups in total. The molecule has 5 nitrogen and oxygen atoms in total. The number of para-hydroxylation sites is 2. The lowest BCUT2D eigenvalue weighted by atomic mass is 10.2. The molecular formula is C15H12N4O. The summed E-state index contributed by atoms with van der Waals surface area (Å²) in [5.74, 6) is 0.508. The molecule has 4 rings (SSSR count). The van der Waals surface area contributed by atoms with E-state index in [-0.39, 0.29) is 6.01 Å². The number of nitrogens with two attached hydrogens (primary N) is 1. The van der Waals surface area contributed by atoms with E-state index >= 15 is 0 Å². The van der Waals surface area contributed by atoms with Crippen LogP contribution in [-0.4, -0.2) is 14.8 Å². The number of nitrogen functional groups attached to an aromatic ring is 1. The Morgan fingerprint density at radius 2 is 1.50 bits per heavy atom. The topological polar surface area (TPSA) is 69.9 Å². The summed E-state index contributed by atoms with van der Waals surface area (Å²) in [6.45, 7) is 0.512. The summed E-state index contributed by atoms with van der Waals surface area (Å²) in [7, 11) is 0. The van der Waals surface area contributed by atoms with Gasteiger partial charge in [0.2, 0.25) is 5.89 Å². The zero-order valence-corrected chi connectivity index (χ0v) is 10.7. The molecule has 0 aliphatic rings. The lowest BCUT2D eigenvalue weighted by molar-refractivity contribution is 0.499. The van der Waals surface area contributed by atoms with Gasteiger partial charge in [-0.05, 0) is 12.1 Å². The molecule has 2 aromatic heterocycles. The number of rotatable bonds is 2. The van der Waals surface area contributed by atoms with Crippen LogP contribution in [0.1, 0.15) is 5.89 Å². The van der Waals surface area contributed by atoms with Crippen molar-refractivity contribution in [3.05, 3.63) is 54.4 Å². The molecule has 5 heteroatoms. The molecule has 0 fully saturated rings. The normalized spacial score (nSPS) is 11.4. The molecule has 0 bridgehead atoms. The zero-order chi connectivity index (χ0) is 13.5. The van der Waals surface area contributed by atoms with Gasteiger partial charge in [-0.25, -0.2) is 0 Å². The maximum absolute atomic E-state index is 5.48. The van der Waals surface area contributed by atoms with Crippen LogP contribution in [0.2, 0.25) is 0 Å². The molecule has 0 aliphatic carbocycles. The molecule has 2 aromatic carbocycles. The molecule has 0 aliphatic heterocycles. The van der Waals surface area contributed by atoms with E-state index in [1.54, 1.807) is 0 Å². The van der Waals surface area contributed by atoms with Crippen LogP contribution in [0.15, 0.2) is 52.9 Å². The maximum Gasteiger partial charge on any atom is 0.312 e. The number of anilines is 1. The molecule has 0 atom stereocenters. The first-order valence-corrected chi connectivity index (χ1v) is 6.37. The molecule has 0 saturated carbocycles. The van der Waals surface area contributed by atoms with Gasteiger partial charge in [-0.2, -0.15) is 0 Å². The van der Waals surface area contributed by atoms with Crippen LogP contribution in [0, 0.1) is 0 Å². The van der Waals surface area contributed by atoms with Crippen molar-refractivity contribution in [2.75, 3.05) is 5.73 Å². The highest BCUT2D eigenvalue weighted by atomic mass is 16.4. The third-order valence-electron chi connectivity index (χ3n) is 3.46. The van der Waals surface area contributed by atoms with Crippen LogP contribution in [0.5, 0.6) is 0 Å². The molecule has 0 radical (unpaired) electrons. The van der Waals surface area contributed by atoms with Gasteiger partial charge in [0.1, 0.15) is 6.54 Å². The van der Waals surface area contributed by atoms with Crippen LogP contribution in [0.4, 0.5) is 6.01 Å². The summed E-state index contributed by atoms with van der Waals surface area (Å²) in [6.07, 6.45) is 0. The van der Waals surface area contributed by atoms with E-state index < -0.39 is 0 Å².